The molecule has 0 saturated heterocycles. The topological polar surface area (TPSA) is 59.8 Å². The van der Waals surface area contributed by atoms with E-state index < -0.39 is 0 Å². The number of para-hydroxylation sites is 1. The second kappa shape index (κ2) is 8.62. The Hall–Kier alpha value is -1.96. The zero-order valence-electron chi connectivity index (χ0n) is 14.2. The highest BCUT2D eigenvalue weighted by Crippen LogP contribution is 2.28. The number of nitrogens with zero attached hydrogens (tertiary/aromatic N) is 3. The summed E-state index contributed by atoms with van der Waals surface area (Å²) in [6, 6.07) is 15.1. The van der Waals surface area contributed by atoms with Crippen LogP contribution in [-0.4, -0.2) is 32.2 Å². The molecule has 1 amide bonds. The molecule has 1 atom stereocenters. The van der Waals surface area contributed by atoms with Gasteiger partial charge in [0.15, 0.2) is 5.16 Å². The summed E-state index contributed by atoms with van der Waals surface area (Å²) in [7, 11) is 0. The third kappa shape index (κ3) is 4.41. The number of hydrogen-bond acceptors (Lipinski definition) is 5. The molecule has 1 heterocycles. The van der Waals surface area contributed by atoms with Gasteiger partial charge in [0.1, 0.15) is 6.33 Å². The van der Waals surface area contributed by atoms with Gasteiger partial charge in [0.05, 0.1) is 16.6 Å². The molecule has 0 spiro atoms. The van der Waals surface area contributed by atoms with Crippen LogP contribution in [0.25, 0.3) is 5.69 Å². The summed E-state index contributed by atoms with van der Waals surface area (Å²) >= 11 is 9.00. The van der Waals surface area contributed by atoms with Crippen molar-refractivity contribution in [2.45, 2.75) is 22.2 Å². The number of carbonyl (C=O) groups excluding carboxylic acids is 1. The minimum Gasteiger partial charge on any atom is -0.324 e. The van der Waals surface area contributed by atoms with Crippen molar-refractivity contribution in [2.24, 2.45) is 0 Å². The molecule has 1 aromatic heterocycles. The second-order valence-electron chi connectivity index (χ2n) is 5.41. The molecule has 134 valence electrons. The van der Waals surface area contributed by atoms with Gasteiger partial charge in [-0.1, -0.05) is 41.6 Å². The molecule has 0 saturated carbocycles. The SMILES string of the molecule is CSc1ccccc1NC(=O)C(C)Sc1nncn1-c1cccc(Cl)c1. The molecule has 3 rings (SSSR count). The fraction of sp³-hybridized carbons (Fsp3) is 0.167. The third-order valence-electron chi connectivity index (χ3n) is 3.62. The molecule has 8 heteroatoms. The Balaban J connectivity index is 1.73. The largest absolute Gasteiger partial charge is 0.324 e. The lowest BCUT2D eigenvalue weighted by Gasteiger charge is -2.14. The van der Waals surface area contributed by atoms with Crippen LogP contribution in [0.3, 0.4) is 0 Å². The van der Waals surface area contributed by atoms with E-state index in [4.69, 9.17) is 11.6 Å². The number of amides is 1. The van der Waals surface area contributed by atoms with Gasteiger partial charge >= 0.3 is 0 Å². The minimum absolute atomic E-state index is 0.0860. The quantitative estimate of drug-likeness (QED) is 0.600. The first-order valence-electron chi connectivity index (χ1n) is 7.85. The Morgan fingerprint density at radius 2 is 2.04 bits per heavy atom. The van der Waals surface area contributed by atoms with Gasteiger partial charge in [0.2, 0.25) is 5.91 Å². The summed E-state index contributed by atoms with van der Waals surface area (Å²) in [6.07, 6.45) is 3.60. The number of anilines is 1. The first-order chi connectivity index (χ1) is 12.6. The van der Waals surface area contributed by atoms with Gasteiger partial charge in [-0.15, -0.1) is 22.0 Å². The van der Waals surface area contributed by atoms with Gasteiger partial charge in [-0.25, -0.2) is 0 Å². The molecule has 26 heavy (non-hydrogen) atoms. The summed E-state index contributed by atoms with van der Waals surface area (Å²) in [4.78, 5) is 13.6. The van der Waals surface area contributed by atoms with Crippen LogP contribution >= 0.6 is 35.1 Å². The van der Waals surface area contributed by atoms with Crippen molar-refractivity contribution < 1.29 is 4.79 Å². The average Bonchev–Trinajstić information content (AvgIpc) is 3.10. The number of benzene rings is 2. The van der Waals surface area contributed by atoms with Gasteiger partial charge in [0, 0.05) is 9.92 Å². The molecule has 0 bridgehead atoms. The normalized spacial score (nSPS) is 12.0. The van der Waals surface area contributed by atoms with E-state index in [0.29, 0.717) is 10.2 Å². The van der Waals surface area contributed by atoms with Crippen molar-refractivity contribution in [2.75, 3.05) is 11.6 Å². The maximum Gasteiger partial charge on any atom is 0.237 e. The highest BCUT2D eigenvalue weighted by atomic mass is 35.5. The van der Waals surface area contributed by atoms with Crippen LogP contribution < -0.4 is 5.32 Å². The molecule has 0 fully saturated rings. The Kier molecular flexibility index (Phi) is 6.24. The zero-order chi connectivity index (χ0) is 18.5. The van der Waals surface area contributed by atoms with Gasteiger partial charge in [-0.3, -0.25) is 9.36 Å². The molecule has 0 aliphatic carbocycles. The standard InChI is InChI=1S/C18H17ClN4OS2/c1-12(17(24)21-15-8-3-4-9-16(15)25-2)26-18-22-20-11-23(18)14-7-5-6-13(19)10-14/h3-12H,1-2H3,(H,21,24). The molecule has 5 nitrogen and oxygen atoms in total. The molecule has 2 aromatic carbocycles. The molecule has 0 aliphatic rings. The van der Waals surface area contributed by atoms with Crippen LogP contribution in [0.2, 0.25) is 5.02 Å². The maximum absolute atomic E-state index is 12.6. The Bertz CT molecular complexity index is 915. The Labute approximate surface area is 165 Å². The van der Waals surface area contributed by atoms with Crippen LogP contribution in [0.15, 0.2) is 64.9 Å². The molecular weight excluding hydrogens is 388 g/mol. The average molecular weight is 405 g/mol. The predicted octanol–water partition coefficient (Wildman–Crippen LogP) is 4.76. The fourth-order valence-electron chi connectivity index (χ4n) is 2.30. The van der Waals surface area contributed by atoms with Crippen molar-refractivity contribution in [1.29, 1.82) is 0 Å². The third-order valence-corrected chi connectivity index (χ3v) is 5.71. The van der Waals surface area contributed by atoms with E-state index >= 15 is 0 Å². The molecule has 1 unspecified atom stereocenters. The van der Waals surface area contributed by atoms with Gasteiger partial charge < -0.3 is 5.32 Å². The van der Waals surface area contributed by atoms with Crippen molar-refractivity contribution in [3.05, 3.63) is 59.9 Å². The van der Waals surface area contributed by atoms with Crippen LogP contribution in [0.5, 0.6) is 0 Å². The van der Waals surface area contributed by atoms with Crippen LogP contribution in [0, 0.1) is 0 Å². The van der Waals surface area contributed by atoms with Crippen LogP contribution in [-0.2, 0) is 4.79 Å². The molecule has 0 aliphatic heterocycles. The van der Waals surface area contributed by atoms with Crippen molar-refractivity contribution in [3.63, 3.8) is 0 Å². The summed E-state index contributed by atoms with van der Waals surface area (Å²) in [5.74, 6) is -0.0860. The number of aromatic nitrogens is 3. The van der Waals surface area contributed by atoms with Gasteiger partial charge in [-0.2, -0.15) is 0 Å². The highest BCUT2D eigenvalue weighted by molar-refractivity contribution is 8.00. The van der Waals surface area contributed by atoms with E-state index in [1.165, 1.54) is 11.8 Å². The summed E-state index contributed by atoms with van der Waals surface area (Å²) < 4.78 is 1.82. The minimum atomic E-state index is -0.341. The van der Waals surface area contributed by atoms with E-state index in [-0.39, 0.29) is 11.2 Å². The Morgan fingerprint density at radius 1 is 1.23 bits per heavy atom. The number of thioether (sulfide) groups is 2. The van der Waals surface area contributed by atoms with E-state index in [1.54, 1.807) is 18.1 Å². The first kappa shape index (κ1) is 18.8. The van der Waals surface area contributed by atoms with E-state index in [9.17, 15) is 4.79 Å². The van der Waals surface area contributed by atoms with Gasteiger partial charge in [0.25, 0.3) is 0 Å². The van der Waals surface area contributed by atoms with E-state index in [0.717, 1.165) is 16.3 Å². The number of carbonyl (C=O) groups is 1. The molecule has 1 N–H and O–H groups in total. The monoisotopic (exact) mass is 404 g/mol. The maximum atomic E-state index is 12.6. The number of rotatable bonds is 6. The van der Waals surface area contributed by atoms with Crippen molar-refractivity contribution in [1.82, 2.24) is 14.8 Å². The fourth-order valence-corrected chi connectivity index (χ4v) is 3.88. The molecule has 0 radical (unpaired) electrons. The van der Waals surface area contributed by atoms with Crippen molar-refractivity contribution in [3.8, 4) is 5.69 Å². The number of nitrogens with one attached hydrogen (secondary N) is 1. The van der Waals surface area contributed by atoms with Gasteiger partial charge in [-0.05, 0) is 43.5 Å². The number of halogens is 1. The zero-order valence-corrected chi connectivity index (χ0v) is 16.6. The predicted molar refractivity (Wildman–Crippen MR) is 109 cm³/mol. The van der Waals surface area contributed by atoms with Crippen molar-refractivity contribution >= 4 is 46.7 Å². The van der Waals surface area contributed by atoms with Crippen LogP contribution in [0.4, 0.5) is 5.69 Å². The molecular formula is C18H17ClN4OS2. The smallest absolute Gasteiger partial charge is 0.237 e. The Morgan fingerprint density at radius 3 is 2.81 bits per heavy atom. The highest BCUT2D eigenvalue weighted by Gasteiger charge is 2.19. The lowest BCUT2D eigenvalue weighted by atomic mass is 10.3. The second-order valence-corrected chi connectivity index (χ2v) is 8.01. The lowest BCUT2D eigenvalue weighted by Crippen LogP contribution is -2.23. The summed E-state index contributed by atoms with van der Waals surface area (Å²) in [5, 5.41) is 12.0. The molecule has 3 aromatic rings. The lowest BCUT2D eigenvalue weighted by molar-refractivity contribution is -0.115. The first-order valence-corrected chi connectivity index (χ1v) is 10.3. The van der Waals surface area contributed by atoms with E-state index in [1.807, 2.05) is 66.3 Å². The van der Waals surface area contributed by atoms with Crippen LogP contribution in [0.1, 0.15) is 6.92 Å². The van der Waals surface area contributed by atoms with E-state index in [2.05, 4.69) is 15.5 Å². The summed E-state index contributed by atoms with van der Waals surface area (Å²) in [6.45, 7) is 1.85. The summed E-state index contributed by atoms with van der Waals surface area (Å²) in [5.41, 5.74) is 1.67. The number of hydrogen-bond donors (Lipinski definition) is 1.